The minimum absolute atomic E-state index is 0.000689. The van der Waals surface area contributed by atoms with Crippen molar-refractivity contribution in [2.45, 2.75) is 32.1 Å². The van der Waals surface area contributed by atoms with Crippen LogP contribution < -0.4 is 5.32 Å². The van der Waals surface area contributed by atoms with Gasteiger partial charge in [0.15, 0.2) is 5.78 Å². The van der Waals surface area contributed by atoms with Gasteiger partial charge in [0.1, 0.15) is 0 Å². The first-order chi connectivity index (χ1) is 12.7. The normalized spacial score (nSPS) is 19.1. The molecule has 3 aromatic rings. The van der Waals surface area contributed by atoms with Crippen molar-refractivity contribution >= 4 is 22.4 Å². The first-order valence-electron chi connectivity index (χ1n) is 9.20. The van der Waals surface area contributed by atoms with Gasteiger partial charge in [-0.05, 0) is 49.1 Å². The first-order valence-corrected chi connectivity index (χ1v) is 9.20. The van der Waals surface area contributed by atoms with Crippen molar-refractivity contribution in [3.8, 4) is 0 Å². The summed E-state index contributed by atoms with van der Waals surface area (Å²) in [7, 11) is 0. The number of fused-ring (bicyclic) bond motifs is 3. The highest BCUT2D eigenvalue weighted by molar-refractivity contribution is 6.04. The third kappa shape index (κ3) is 2.27. The number of hydrogen-bond acceptors (Lipinski definition) is 3. The standard InChI is InChI=1S/C23H20N2O/c1-14-7-9-15(10-8-14)21-17-11-12-18-16(4-3-13-24-18)23(17)25-19-5-2-6-20(26)22(19)21/h3-4,7-13,21,25H,2,5-6H2,1H3. The van der Waals surface area contributed by atoms with Crippen LogP contribution in [0.25, 0.3) is 10.9 Å². The minimum atomic E-state index is -0.000689. The van der Waals surface area contributed by atoms with Gasteiger partial charge in [-0.15, -0.1) is 0 Å². The van der Waals surface area contributed by atoms with Crippen molar-refractivity contribution in [2.75, 3.05) is 5.32 Å². The second-order valence-corrected chi connectivity index (χ2v) is 7.24. The van der Waals surface area contributed by atoms with Gasteiger partial charge in [-0.1, -0.05) is 35.9 Å². The highest BCUT2D eigenvalue weighted by Gasteiger charge is 2.35. The van der Waals surface area contributed by atoms with E-state index >= 15 is 0 Å². The van der Waals surface area contributed by atoms with Gasteiger partial charge in [0.2, 0.25) is 0 Å². The molecule has 0 saturated carbocycles. The molecular weight excluding hydrogens is 320 g/mol. The highest BCUT2D eigenvalue weighted by Crippen LogP contribution is 2.47. The molecule has 3 nitrogen and oxygen atoms in total. The van der Waals surface area contributed by atoms with E-state index in [4.69, 9.17) is 0 Å². The Bertz CT molecular complexity index is 1060. The molecule has 1 N–H and O–H groups in total. The van der Waals surface area contributed by atoms with E-state index in [1.54, 1.807) is 0 Å². The number of aromatic nitrogens is 1. The first kappa shape index (κ1) is 15.3. The number of nitrogens with zero attached hydrogens (tertiary/aromatic N) is 1. The number of aryl methyl sites for hydroxylation is 1. The Labute approximate surface area is 152 Å². The van der Waals surface area contributed by atoms with E-state index in [1.807, 2.05) is 12.3 Å². The summed E-state index contributed by atoms with van der Waals surface area (Å²) in [5.41, 5.74) is 7.72. The lowest BCUT2D eigenvalue weighted by atomic mass is 9.75. The predicted octanol–water partition coefficient (Wildman–Crippen LogP) is 5.11. The van der Waals surface area contributed by atoms with Crippen LogP contribution in [-0.4, -0.2) is 10.8 Å². The summed E-state index contributed by atoms with van der Waals surface area (Å²) in [6.07, 6.45) is 4.32. The number of Topliss-reactive ketones (excluding diaryl/α,β-unsaturated/α-hetero) is 1. The summed E-state index contributed by atoms with van der Waals surface area (Å²) >= 11 is 0. The third-order valence-corrected chi connectivity index (χ3v) is 5.56. The molecule has 1 aliphatic heterocycles. The zero-order chi connectivity index (χ0) is 17.7. The fourth-order valence-electron chi connectivity index (χ4n) is 4.29. The molecule has 2 aromatic carbocycles. The van der Waals surface area contributed by atoms with Crippen LogP contribution in [0, 0.1) is 6.92 Å². The van der Waals surface area contributed by atoms with Crippen LogP contribution in [0.3, 0.4) is 0 Å². The molecule has 1 unspecified atom stereocenters. The van der Waals surface area contributed by atoms with Crippen LogP contribution in [0.15, 0.2) is 66.0 Å². The Morgan fingerprint density at radius 2 is 1.88 bits per heavy atom. The second-order valence-electron chi connectivity index (χ2n) is 7.24. The van der Waals surface area contributed by atoms with Crippen molar-refractivity contribution in [2.24, 2.45) is 0 Å². The number of nitrogens with one attached hydrogen (secondary N) is 1. The van der Waals surface area contributed by atoms with Gasteiger partial charge < -0.3 is 5.32 Å². The molecule has 5 rings (SSSR count). The van der Waals surface area contributed by atoms with E-state index in [-0.39, 0.29) is 11.7 Å². The number of allylic oxidation sites excluding steroid dienone is 2. The number of carbonyl (C=O) groups is 1. The van der Waals surface area contributed by atoms with Gasteiger partial charge in [-0.3, -0.25) is 9.78 Å². The minimum Gasteiger partial charge on any atom is -0.358 e. The molecule has 3 heteroatoms. The Morgan fingerprint density at radius 1 is 1.04 bits per heavy atom. The Kier molecular flexibility index (Phi) is 3.42. The lowest BCUT2D eigenvalue weighted by Crippen LogP contribution is -2.27. The lowest BCUT2D eigenvalue weighted by molar-refractivity contribution is -0.116. The monoisotopic (exact) mass is 340 g/mol. The van der Waals surface area contributed by atoms with Crippen LogP contribution in [0.1, 0.15) is 41.9 Å². The Balaban J connectivity index is 1.80. The summed E-state index contributed by atoms with van der Waals surface area (Å²) in [6.45, 7) is 2.09. The average Bonchev–Trinajstić information content (AvgIpc) is 2.67. The number of anilines is 1. The highest BCUT2D eigenvalue weighted by atomic mass is 16.1. The van der Waals surface area contributed by atoms with E-state index in [2.05, 4.69) is 59.7 Å². The Morgan fingerprint density at radius 3 is 2.73 bits per heavy atom. The third-order valence-electron chi connectivity index (χ3n) is 5.56. The van der Waals surface area contributed by atoms with Gasteiger partial charge in [0.25, 0.3) is 0 Å². The molecule has 0 saturated heterocycles. The van der Waals surface area contributed by atoms with Gasteiger partial charge >= 0.3 is 0 Å². The number of benzene rings is 2. The van der Waals surface area contributed by atoms with Crippen LogP contribution in [0.2, 0.25) is 0 Å². The van der Waals surface area contributed by atoms with E-state index in [0.717, 1.165) is 40.7 Å². The maximum Gasteiger partial charge on any atom is 0.161 e. The molecule has 0 amide bonds. The van der Waals surface area contributed by atoms with Crippen molar-refractivity contribution < 1.29 is 4.79 Å². The molecule has 1 atom stereocenters. The molecule has 128 valence electrons. The SMILES string of the molecule is Cc1ccc(C2C3=C(CCCC3=O)Nc3c2ccc2ncccc32)cc1. The van der Waals surface area contributed by atoms with E-state index in [0.29, 0.717) is 6.42 Å². The molecular formula is C23H20N2O. The summed E-state index contributed by atoms with van der Waals surface area (Å²) in [4.78, 5) is 17.3. The molecule has 0 bridgehead atoms. The molecule has 1 aromatic heterocycles. The lowest BCUT2D eigenvalue weighted by Gasteiger charge is -2.34. The van der Waals surface area contributed by atoms with Gasteiger partial charge in [-0.2, -0.15) is 0 Å². The number of ketones is 1. The average molecular weight is 340 g/mol. The molecule has 1 aliphatic carbocycles. The maximum atomic E-state index is 12.8. The van der Waals surface area contributed by atoms with E-state index in [9.17, 15) is 4.79 Å². The smallest absolute Gasteiger partial charge is 0.161 e. The molecule has 2 aliphatic rings. The largest absolute Gasteiger partial charge is 0.358 e. The molecule has 0 spiro atoms. The quantitative estimate of drug-likeness (QED) is 0.669. The van der Waals surface area contributed by atoms with Crippen LogP contribution >= 0.6 is 0 Å². The summed E-state index contributed by atoms with van der Waals surface area (Å²) in [5, 5.41) is 4.72. The van der Waals surface area contributed by atoms with Gasteiger partial charge in [0, 0.05) is 35.2 Å². The van der Waals surface area contributed by atoms with Gasteiger partial charge in [-0.25, -0.2) is 0 Å². The molecule has 26 heavy (non-hydrogen) atoms. The van der Waals surface area contributed by atoms with Crippen molar-refractivity contribution in [1.29, 1.82) is 0 Å². The Hall–Kier alpha value is -2.94. The fraction of sp³-hybridized carbons (Fsp3) is 0.217. The van der Waals surface area contributed by atoms with Gasteiger partial charge in [0.05, 0.1) is 11.2 Å². The maximum absolute atomic E-state index is 12.8. The number of hydrogen-bond donors (Lipinski definition) is 1. The van der Waals surface area contributed by atoms with Crippen molar-refractivity contribution in [1.82, 2.24) is 4.98 Å². The topological polar surface area (TPSA) is 42.0 Å². The zero-order valence-electron chi connectivity index (χ0n) is 14.8. The van der Waals surface area contributed by atoms with Crippen LogP contribution in [0.5, 0.6) is 0 Å². The second kappa shape index (κ2) is 5.80. The number of rotatable bonds is 1. The fourth-order valence-corrected chi connectivity index (χ4v) is 4.29. The zero-order valence-corrected chi connectivity index (χ0v) is 14.8. The van der Waals surface area contributed by atoms with E-state index in [1.165, 1.54) is 16.7 Å². The summed E-state index contributed by atoms with van der Waals surface area (Å²) in [5.74, 6) is 0.278. The number of pyridine rings is 1. The van der Waals surface area contributed by atoms with Crippen molar-refractivity contribution in [3.05, 3.63) is 82.7 Å². The van der Waals surface area contributed by atoms with E-state index < -0.39 is 0 Å². The number of carbonyl (C=O) groups excluding carboxylic acids is 1. The molecule has 0 radical (unpaired) electrons. The van der Waals surface area contributed by atoms with Crippen LogP contribution in [-0.2, 0) is 4.79 Å². The summed E-state index contributed by atoms with van der Waals surface area (Å²) in [6, 6.07) is 16.9. The predicted molar refractivity (Wildman–Crippen MR) is 104 cm³/mol. The van der Waals surface area contributed by atoms with Crippen LogP contribution in [0.4, 0.5) is 5.69 Å². The molecule has 0 fully saturated rings. The molecule has 2 heterocycles. The van der Waals surface area contributed by atoms with Crippen molar-refractivity contribution in [3.63, 3.8) is 0 Å². The summed E-state index contributed by atoms with van der Waals surface area (Å²) < 4.78 is 0.